The Bertz CT molecular complexity index is 1550. The number of methoxy groups -OCH3 is 1. The predicted molar refractivity (Wildman–Crippen MR) is 163 cm³/mol. The van der Waals surface area contributed by atoms with Gasteiger partial charge in [0, 0.05) is 29.6 Å². The summed E-state index contributed by atoms with van der Waals surface area (Å²) in [7, 11) is 1.28. The first-order chi connectivity index (χ1) is 21.2. The van der Waals surface area contributed by atoms with Crippen molar-refractivity contribution in [3.05, 3.63) is 58.8 Å². The minimum atomic E-state index is -1.07. The van der Waals surface area contributed by atoms with Crippen LogP contribution in [-0.2, 0) is 16.1 Å². The summed E-state index contributed by atoms with van der Waals surface area (Å²) >= 11 is 0. The molecule has 0 radical (unpaired) electrons. The van der Waals surface area contributed by atoms with Gasteiger partial charge in [-0.25, -0.2) is 9.07 Å². The lowest BCUT2D eigenvalue weighted by atomic mass is 9.77. The Morgan fingerprint density at radius 3 is 2.36 bits per heavy atom. The SMILES string of the molecule is COc1ccc(-c2cn(CC3C(C4CC4)CCN3C(=O)C3CCCCC3C(=O)Nc3c(C)cc(C)cc3C)nn2)c(F)c1F. The average Bonchev–Trinajstić information content (AvgIpc) is 3.60. The van der Waals surface area contributed by atoms with Gasteiger partial charge in [-0.05, 0) is 88.0 Å². The maximum absolute atomic E-state index is 14.8. The fourth-order valence-corrected chi connectivity index (χ4v) is 7.60. The molecule has 4 atom stereocenters. The number of carbonyl (C=O) groups excluding carboxylic acids is 2. The smallest absolute Gasteiger partial charge is 0.228 e. The summed E-state index contributed by atoms with van der Waals surface area (Å²) in [4.78, 5) is 30.0. The lowest BCUT2D eigenvalue weighted by Gasteiger charge is -2.36. The molecular weight excluding hydrogens is 564 g/mol. The topological polar surface area (TPSA) is 89.4 Å². The molecule has 4 unspecified atom stereocenters. The van der Waals surface area contributed by atoms with Crippen LogP contribution >= 0.6 is 0 Å². The number of ether oxygens (including phenoxy) is 1. The number of hydrogen-bond acceptors (Lipinski definition) is 5. The van der Waals surface area contributed by atoms with Crippen LogP contribution in [0.1, 0.15) is 61.6 Å². The molecule has 3 aliphatic rings. The molecule has 1 N–H and O–H groups in total. The number of rotatable bonds is 8. The summed E-state index contributed by atoms with van der Waals surface area (Å²) in [6.07, 6.45) is 8.03. The van der Waals surface area contributed by atoms with Crippen molar-refractivity contribution in [2.24, 2.45) is 23.7 Å². The number of anilines is 1. The van der Waals surface area contributed by atoms with Crippen LogP contribution in [0.5, 0.6) is 5.75 Å². The third-order valence-corrected chi connectivity index (χ3v) is 9.91. The molecule has 44 heavy (non-hydrogen) atoms. The second kappa shape index (κ2) is 12.3. The lowest BCUT2D eigenvalue weighted by Crippen LogP contribution is -2.48. The van der Waals surface area contributed by atoms with Gasteiger partial charge >= 0.3 is 0 Å². The van der Waals surface area contributed by atoms with E-state index in [1.165, 1.54) is 19.2 Å². The van der Waals surface area contributed by atoms with E-state index >= 15 is 0 Å². The Balaban J connectivity index is 1.22. The number of aryl methyl sites for hydroxylation is 3. The second-order valence-electron chi connectivity index (χ2n) is 12.9. The molecule has 3 aromatic rings. The number of aromatic nitrogens is 3. The van der Waals surface area contributed by atoms with E-state index in [1.807, 2.05) is 25.7 Å². The van der Waals surface area contributed by atoms with Gasteiger partial charge in [-0.1, -0.05) is 35.8 Å². The monoisotopic (exact) mass is 605 g/mol. The molecule has 234 valence electrons. The number of carbonyl (C=O) groups is 2. The van der Waals surface area contributed by atoms with E-state index in [1.54, 1.807) is 10.9 Å². The molecule has 2 heterocycles. The number of nitrogens with one attached hydrogen (secondary N) is 1. The van der Waals surface area contributed by atoms with E-state index in [9.17, 15) is 18.4 Å². The molecule has 1 aromatic heterocycles. The van der Waals surface area contributed by atoms with Crippen LogP contribution in [0, 0.1) is 56.1 Å². The molecule has 1 aliphatic heterocycles. The van der Waals surface area contributed by atoms with E-state index in [4.69, 9.17) is 4.74 Å². The molecule has 8 nitrogen and oxygen atoms in total. The minimum Gasteiger partial charge on any atom is -0.494 e. The quantitative estimate of drug-likeness (QED) is 0.329. The molecule has 1 saturated heterocycles. The minimum absolute atomic E-state index is 0.00255. The Hall–Kier alpha value is -3.82. The van der Waals surface area contributed by atoms with Crippen molar-refractivity contribution >= 4 is 17.5 Å². The van der Waals surface area contributed by atoms with Crippen LogP contribution in [0.4, 0.5) is 14.5 Å². The van der Waals surface area contributed by atoms with Gasteiger partial charge in [-0.2, -0.15) is 4.39 Å². The lowest BCUT2D eigenvalue weighted by molar-refractivity contribution is -0.143. The molecule has 0 bridgehead atoms. The van der Waals surface area contributed by atoms with E-state index < -0.39 is 11.6 Å². The van der Waals surface area contributed by atoms with Crippen LogP contribution in [0.15, 0.2) is 30.5 Å². The van der Waals surface area contributed by atoms with Crippen LogP contribution in [0.3, 0.4) is 0 Å². The van der Waals surface area contributed by atoms with Gasteiger partial charge in [0.15, 0.2) is 11.6 Å². The van der Waals surface area contributed by atoms with Crippen molar-refractivity contribution in [1.82, 2.24) is 19.9 Å². The molecule has 6 rings (SSSR count). The summed E-state index contributed by atoms with van der Waals surface area (Å²) in [5, 5.41) is 11.6. The highest BCUT2D eigenvalue weighted by Gasteiger charge is 2.48. The highest BCUT2D eigenvalue weighted by molar-refractivity contribution is 5.97. The zero-order chi connectivity index (χ0) is 31.1. The third kappa shape index (κ3) is 5.83. The van der Waals surface area contributed by atoms with Gasteiger partial charge < -0.3 is 15.0 Å². The number of likely N-dealkylation sites (tertiary alicyclic amines) is 1. The standard InChI is InChI=1S/C34H41F2N5O3/c1-19-15-20(2)32(21(3)16-19)37-33(42)24-7-5-6-8-25(24)34(43)41-14-13-23(22-9-10-22)28(41)18-40-17-27(38-39-40)26-11-12-29(44-4)31(36)30(26)35/h11-12,15-17,22-25,28H,5-10,13-14,18H2,1-4H3,(H,37,42). The molecule has 2 aromatic carbocycles. The highest BCUT2D eigenvalue weighted by Crippen LogP contribution is 2.46. The number of benzene rings is 2. The van der Waals surface area contributed by atoms with Crippen molar-refractivity contribution in [2.45, 2.75) is 78.3 Å². The number of nitrogens with zero attached hydrogens (tertiary/aromatic N) is 4. The molecule has 2 amide bonds. The number of halogens is 2. The largest absolute Gasteiger partial charge is 0.494 e. The van der Waals surface area contributed by atoms with Gasteiger partial charge in [0.2, 0.25) is 17.6 Å². The van der Waals surface area contributed by atoms with Crippen molar-refractivity contribution in [2.75, 3.05) is 19.0 Å². The highest BCUT2D eigenvalue weighted by atomic mass is 19.2. The first-order valence-electron chi connectivity index (χ1n) is 15.8. The van der Waals surface area contributed by atoms with Gasteiger partial charge in [-0.15, -0.1) is 5.10 Å². The number of hydrogen-bond donors (Lipinski definition) is 1. The second-order valence-corrected chi connectivity index (χ2v) is 12.9. The van der Waals surface area contributed by atoms with Gasteiger partial charge in [0.05, 0.1) is 25.9 Å². The Morgan fingerprint density at radius 1 is 0.977 bits per heavy atom. The van der Waals surface area contributed by atoms with Crippen molar-refractivity contribution in [3.8, 4) is 17.0 Å². The maximum Gasteiger partial charge on any atom is 0.228 e. The first kappa shape index (κ1) is 30.2. The van der Waals surface area contributed by atoms with Gasteiger partial charge in [0.1, 0.15) is 5.69 Å². The van der Waals surface area contributed by atoms with Crippen molar-refractivity contribution in [1.29, 1.82) is 0 Å². The molecule has 2 aliphatic carbocycles. The fraction of sp³-hybridized carbons (Fsp3) is 0.529. The van der Waals surface area contributed by atoms with Crippen molar-refractivity contribution in [3.63, 3.8) is 0 Å². The van der Waals surface area contributed by atoms with E-state index in [2.05, 4.69) is 27.8 Å². The fourth-order valence-electron chi connectivity index (χ4n) is 7.60. The Morgan fingerprint density at radius 2 is 1.68 bits per heavy atom. The Kier molecular flexibility index (Phi) is 8.44. The third-order valence-electron chi connectivity index (χ3n) is 9.91. The summed E-state index contributed by atoms with van der Waals surface area (Å²) in [5.41, 5.74) is 4.24. The van der Waals surface area contributed by atoms with Crippen LogP contribution < -0.4 is 10.1 Å². The molecule has 0 spiro atoms. The predicted octanol–water partition coefficient (Wildman–Crippen LogP) is 6.23. The Labute approximate surface area is 257 Å². The normalized spacial score (nSPS) is 23.5. The summed E-state index contributed by atoms with van der Waals surface area (Å²) in [5.74, 6) is -2.20. The van der Waals surface area contributed by atoms with E-state index in [0.29, 0.717) is 37.8 Å². The number of amides is 2. The molecular formula is C34H41F2N5O3. The summed E-state index contributed by atoms with van der Waals surface area (Å²) in [6, 6.07) is 6.82. The summed E-state index contributed by atoms with van der Waals surface area (Å²) in [6.45, 7) is 7.10. The average molecular weight is 606 g/mol. The maximum atomic E-state index is 14.8. The summed E-state index contributed by atoms with van der Waals surface area (Å²) < 4.78 is 35.7. The van der Waals surface area contributed by atoms with Gasteiger partial charge in [-0.3, -0.25) is 9.59 Å². The van der Waals surface area contributed by atoms with Crippen LogP contribution in [-0.4, -0.2) is 51.4 Å². The van der Waals surface area contributed by atoms with E-state index in [-0.39, 0.29) is 46.7 Å². The van der Waals surface area contributed by atoms with E-state index in [0.717, 1.165) is 54.5 Å². The molecule has 3 fully saturated rings. The van der Waals surface area contributed by atoms with Crippen LogP contribution in [0.25, 0.3) is 11.3 Å². The molecule has 2 saturated carbocycles. The van der Waals surface area contributed by atoms with Gasteiger partial charge in [0.25, 0.3) is 0 Å². The zero-order valence-electron chi connectivity index (χ0n) is 25.9. The van der Waals surface area contributed by atoms with Crippen molar-refractivity contribution < 1.29 is 23.1 Å². The first-order valence-corrected chi connectivity index (χ1v) is 15.8. The molecule has 10 heteroatoms. The zero-order valence-corrected chi connectivity index (χ0v) is 25.9. The van der Waals surface area contributed by atoms with Crippen LogP contribution in [0.2, 0.25) is 0 Å².